The molecule has 1 atom stereocenters. The van der Waals surface area contributed by atoms with E-state index in [-0.39, 0.29) is 0 Å². The Labute approximate surface area is 113 Å². The number of halogens is 2. The summed E-state index contributed by atoms with van der Waals surface area (Å²) in [5.41, 5.74) is 1.16. The molecule has 1 aliphatic rings. The van der Waals surface area contributed by atoms with E-state index in [0.717, 1.165) is 33.6 Å². The second-order valence-corrected chi connectivity index (χ2v) is 5.90. The molecule has 2 rings (SSSR count). The van der Waals surface area contributed by atoms with E-state index in [1.165, 1.54) is 19.4 Å². The Morgan fingerprint density at radius 3 is 2.69 bits per heavy atom. The van der Waals surface area contributed by atoms with Crippen molar-refractivity contribution in [1.29, 1.82) is 0 Å². The number of hydrogen-bond acceptors (Lipinski definition) is 2. The van der Waals surface area contributed by atoms with Gasteiger partial charge in [-0.3, -0.25) is 0 Å². The van der Waals surface area contributed by atoms with Crippen LogP contribution >= 0.6 is 31.9 Å². The average molecular weight is 348 g/mol. The van der Waals surface area contributed by atoms with Crippen LogP contribution in [0.3, 0.4) is 0 Å². The number of benzene rings is 1. The molecule has 0 bridgehead atoms. The van der Waals surface area contributed by atoms with Crippen LogP contribution in [0.4, 0.5) is 5.69 Å². The first kappa shape index (κ1) is 12.4. The zero-order valence-electron chi connectivity index (χ0n) is 9.10. The lowest BCUT2D eigenvalue weighted by Crippen LogP contribution is -2.33. The minimum Gasteiger partial charge on any atom is -0.383 e. The summed E-state index contributed by atoms with van der Waals surface area (Å²) < 4.78 is 2.23. The molecule has 88 valence electrons. The Hall–Kier alpha value is -0.0600. The monoisotopic (exact) mass is 346 g/mol. The van der Waals surface area contributed by atoms with E-state index in [2.05, 4.69) is 54.6 Å². The Morgan fingerprint density at radius 2 is 2.06 bits per heavy atom. The van der Waals surface area contributed by atoms with E-state index in [1.807, 2.05) is 6.07 Å². The van der Waals surface area contributed by atoms with Gasteiger partial charge in [0.25, 0.3) is 0 Å². The van der Waals surface area contributed by atoms with Gasteiger partial charge in [-0.1, -0.05) is 6.07 Å². The van der Waals surface area contributed by atoms with E-state index in [0.29, 0.717) is 0 Å². The van der Waals surface area contributed by atoms with Crippen molar-refractivity contribution < 1.29 is 0 Å². The third kappa shape index (κ3) is 3.22. The van der Waals surface area contributed by atoms with Gasteiger partial charge >= 0.3 is 0 Å². The first-order valence-corrected chi connectivity index (χ1v) is 7.24. The van der Waals surface area contributed by atoms with Crippen LogP contribution in [0, 0.1) is 5.92 Å². The second-order valence-electron chi connectivity index (χ2n) is 4.19. The van der Waals surface area contributed by atoms with Crippen molar-refractivity contribution in [2.24, 2.45) is 5.92 Å². The fourth-order valence-electron chi connectivity index (χ4n) is 2.01. The summed E-state index contributed by atoms with van der Waals surface area (Å²) in [4.78, 5) is 0. The van der Waals surface area contributed by atoms with Crippen LogP contribution in [0.2, 0.25) is 0 Å². The summed E-state index contributed by atoms with van der Waals surface area (Å²) >= 11 is 7.13. The van der Waals surface area contributed by atoms with E-state index in [1.54, 1.807) is 0 Å². The Balaban J connectivity index is 1.93. The van der Waals surface area contributed by atoms with Crippen LogP contribution in [0.5, 0.6) is 0 Å². The Kier molecular flexibility index (Phi) is 4.67. The fourth-order valence-corrected chi connectivity index (χ4v) is 3.29. The van der Waals surface area contributed by atoms with Crippen molar-refractivity contribution in [2.75, 3.05) is 25.0 Å². The lowest BCUT2D eigenvalue weighted by atomic mass is 10.00. The van der Waals surface area contributed by atoms with Crippen molar-refractivity contribution in [2.45, 2.75) is 12.8 Å². The maximum atomic E-state index is 3.56. The number of anilines is 1. The molecule has 1 aliphatic heterocycles. The molecule has 1 aromatic rings. The van der Waals surface area contributed by atoms with Crippen molar-refractivity contribution in [3.8, 4) is 0 Å². The standard InChI is InChI=1S/C12H16Br2N2/c13-10-4-1-5-11(14)12(10)16-8-9-3-2-6-15-7-9/h1,4-5,9,15-16H,2-3,6-8H2. The molecular formula is C12H16Br2N2. The summed E-state index contributed by atoms with van der Waals surface area (Å²) in [6, 6.07) is 6.15. The SMILES string of the molecule is Brc1cccc(Br)c1NCC1CCCNC1. The largest absolute Gasteiger partial charge is 0.383 e. The van der Waals surface area contributed by atoms with Crippen LogP contribution in [-0.2, 0) is 0 Å². The van der Waals surface area contributed by atoms with Crippen molar-refractivity contribution in [1.82, 2.24) is 5.32 Å². The van der Waals surface area contributed by atoms with Crippen LogP contribution in [0.25, 0.3) is 0 Å². The molecular weight excluding hydrogens is 332 g/mol. The van der Waals surface area contributed by atoms with E-state index in [9.17, 15) is 0 Å². The zero-order chi connectivity index (χ0) is 11.4. The molecule has 16 heavy (non-hydrogen) atoms. The molecule has 0 amide bonds. The highest BCUT2D eigenvalue weighted by molar-refractivity contribution is 9.11. The number of piperidine rings is 1. The van der Waals surface area contributed by atoms with Gasteiger partial charge in [0.1, 0.15) is 0 Å². The molecule has 1 saturated heterocycles. The maximum absolute atomic E-state index is 3.56. The molecule has 0 radical (unpaired) electrons. The van der Waals surface area contributed by atoms with Gasteiger partial charge in [-0.2, -0.15) is 0 Å². The van der Waals surface area contributed by atoms with Gasteiger partial charge in [0.05, 0.1) is 5.69 Å². The minimum absolute atomic E-state index is 0.743. The number of rotatable bonds is 3. The quantitative estimate of drug-likeness (QED) is 0.872. The second kappa shape index (κ2) is 6.03. The summed E-state index contributed by atoms with van der Waals surface area (Å²) in [7, 11) is 0. The van der Waals surface area contributed by atoms with Crippen molar-refractivity contribution >= 4 is 37.5 Å². The maximum Gasteiger partial charge on any atom is 0.0629 e. The summed E-state index contributed by atoms with van der Waals surface area (Å²) in [5, 5.41) is 6.95. The van der Waals surface area contributed by atoms with Gasteiger partial charge in [-0.15, -0.1) is 0 Å². The topological polar surface area (TPSA) is 24.1 Å². The van der Waals surface area contributed by atoms with Crippen molar-refractivity contribution in [3.05, 3.63) is 27.1 Å². The number of hydrogen-bond donors (Lipinski definition) is 2. The molecule has 0 aromatic heterocycles. The highest BCUT2D eigenvalue weighted by atomic mass is 79.9. The van der Waals surface area contributed by atoms with E-state index >= 15 is 0 Å². The average Bonchev–Trinajstić information content (AvgIpc) is 2.30. The molecule has 1 fully saturated rings. The first-order chi connectivity index (χ1) is 7.77. The predicted molar refractivity (Wildman–Crippen MR) is 75.9 cm³/mol. The van der Waals surface area contributed by atoms with Crippen LogP contribution in [-0.4, -0.2) is 19.6 Å². The molecule has 2 nitrogen and oxygen atoms in total. The van der Waals surface area contributed by atoms with Crippen molar-refractivity contribution in [3.63, 3.8) is 0 Å². The predicted octanol–water partition coefficient (Wildman–Crippen LogP) is 3.62. The van der Waals surface area contributed by atoms with Gasteiger partial charge < -0.3 is 10.6 Å². The minimum atomic E-state index is 0.743. The summed E-state index contributed by atoms with van der Waals surface area (Å²) in [5.74, 6) is 0.743. The normalized spacial score (nSPS) is 20.8. The highest BCUT2D eigenvalue weighted by Crippen LogP contribution is 2.30. The van der Waals surface area contributed by atoms with Crippen LogP contribution in [0.15, 0.2) is 27.1 Å². The van der Waals surface area contributed by atoms with E-state index in [4.69, 9.17) is 0 Å². The number of para-hydroxylation sites is 1. The Morgan fingerprint density at radius 1 is 1.31 bits per heavy atom. The third-order valence-electron chi connectivity index (χ3n) is 2.93. The first-order valence-electron chi connectivity index (χ1n) is 5.66. The number of nitrogens with one attached hydrogen (secondary N) is 2. The van der Waals surface area contributed by atoms with Gasteiger partial charge in [0.2, 0.25) is 0 Å². The fraction of sp³-hybridized carbons (Fsp3) is 0.500. The lowest BCUT2D eigenvalue weighted by molar-refractivity contribution is 0.393. The van der Waals surface area contributed by atoms with Crippen LogP contribution in [0.1, 0.15) is 12.8 Å². The van der Waals surface area contributed by atoms with E-state index < -0.39 is 0 Å². The molecule has 1 unspecified atom stereocenters. The zero-order valence-corrected chi connectivity index (χ0v) is 12.3. The molecule has 1 aromatic carbocycles. The smallest absolute Gasteiger partial charge is 0.0629 e. The van der Waals surface area contributed by atoms with Gasteiger partial charge in [-0.05, 0) is 75.8 Å². The third-order valence-corrected chi connectivity index (χ3v) is 4.25. The molecule has 1 heterocycles. The Bertz CT molecular complexity index is 329. The van der Waals surface area contributed by atoms with Gasteiger partial charge in [0.15, 0.2) is 0 Å². The molecule has 0 saturated carbocycles. The molecule has 4 heteroatoms. The highest BCUT2D eigenvalue weighted by Gasteiger charge is 2.13. The lowest BCUT2D eigenvalue weighted by Gasteiger charge is -2.24. The van der Waals surface area contributed by atoms with Crippen LogP contribution < -0.4 is 10.6 Å². The summed E-state index contributed by atoms with van der Waals surface area (Å²) in [6.07, 6.45) is 2.62. The van der Waals surface area contributed by atoms with Gasteiger partial charge in [0, 0.05) is 15.5 Å². The molecule has 2 N–H and O–H groups in total. The molecule has 0 aliphatic carbocycles. The van der Waals surface area contributed by atoms with Gasteiger partial charge in [-0.25, -0.2) is 0 Å². The molecule has 0 spiro atoms. The summed E-state index contributed by atoms with van der Waals surface area (Å²) in [6.45, 7) is 3.35.